The number of fused-ring (bicyclic) bond motifs is 1. The molecule has 1 aliphatic heterocycles. The zero-order valence-electron chi connectivity index (χ0n) is 26.5. The summed E-state index contributed by atoms with van der Waals surface area (Å²) in [6.07, 6.45) is 1.67. The number of aromatic nitrogens is 1. The van der Waals surface area contributed by atoms with Gasteiger partial charge in [-0.05, 0) is 86.9 Å². The van der Waals surface area contributed by atoms with Gasteiger partial charge in [0.1, 0.15) is 12.4 Å². The Morgan fingerprint density at radius 1 is 1.00 bits per heavy atom. The molecule has 1 aliphatic rings. The molecular weight excluding hydrogens is 611 g/mol. The molecule has 5 rings (SSSR count). The maximum atomic E-state index is 14.1. The van der Waals surface area contributed by atoms with E-state index in [2.05, 4.69) is 4.99 Å². The number of benzene rings is 3. The van der Waals surface area contributed by atoms with Crippen LogP contribution < -0.4 is 33.8 Å². The molecule has 4 aromatic rings. The van der Waals surface area contributed by atoms with E-state index < -0.39 is 12.0 Å². The van der Waals surface area contributed by atoms with Gasteiger partial charge < -0.3 is 23.7 Å². The van der Waals surface area contributed by atoms with Crippen LogP contribution in [-0.2, 0) is 16.1 Å². The van der Waals surface area contributed by atoms with E-state index in [4.69, 9.17) is 23.7 Å². The number of hydrogen-bond acceptors (Lipinski definition) is 9. The highest BCUT2D eigenvalue weighted by Crippen LogP contribution is 2.36. The quantitative estimate of drug-likeness (QED) is 0.204. The van der Waals surface area contributed by atoms with Crippen LogP contribution in [0.25, 0.3) is 6.08 Å². The topological polar surface area (TPSA) is 97.6 Å². The highest BCUT2D eigenvalue weighted by atomic mass is 32.1. The summed E-state index contributed by atoms with van der Waals surface area (Å²) in [6, 6.07) is 15.9. The summed E-state index contributed by atoms with van der Waals surface area (Å²) in [7, 11) is 3.07. The van der Waals surface area contributed by atoms with Crippen LogP contribution in [0.1, 0.15) is 50.4 Å². The van der Waals surface area contributed by atoms with Gasteiger partial charge in [-0.15, -0.1) is 0 Å². The highest BCUT2D eigenvalue weighted by Gasteiger charge is 2.34. The fourth-order valence-corrected chi connectivity index (χ4v) is 6.15. The van der Waals surface area contributed by atoms with Crippen LogP contribution in [0.2, 0.25) is 0 Å². The molecule has 46 heavy (non-hydrogen) atoms. The number of hydrogen-bond donors (Lipinski definition) is 0. The van der Waals surface area contributed by atoms with Crippen LogP contribution in [0.5, 0.6) is 23.0 Å². The number of allylic oxidation sites excluding steroid dienone is 1. The van der Waals surface area contributed by atoms with Gasteiger partial charge in [0.15, 0.2) is 27.8 Å². The normalized spacial score (nSPS) is 14.5. The van der Waals surface area contributed by atoms with Crippen LogP contribution in [0.15, 0.2) is 81.7 Å². The minimum atomic E-state index is -0.809. The van der Waals surface area contributed by atoms with E-state index in [1.54, 1.807) is 63.4 Å². The van der Waals surface area contributed by atoms with Gasteiger partial charge in [0, 0.05) is 0 Å². The van der Waals surface area contributed by atoms with Crippen LogP contribution >= 0.6 is 11.3 Å². The number of thiazole rings is 1. The van der Waals surface area contributed by atoms with Crippen molar-refractivity contribution in [1.29, 1.82) is 0 Å². The molecule has 0 radical (unpaired) electrons. The van der Waals surface area contributed by atoms with E-state index >= 15 is 0 Å². The number of ether oxygens (including phenoxy) is 5. The Balaban J connectivity index is 1.56. The fourth-order valence-electron chi connectivity index (χ4n) is 5.10. The Bertz CT molecular complexity index is 1960. The van der Waals surface area contributed by atoms with Crippen molar-refractivity contribution in [3.63, 3.8) is 0 Å². The molecule has 9 nitrogen and oxygen atoms in total. The second-order valence-corrected chi connectivity index (χ2v) is 11.7. The molecule has 0 fully saturated rings. The SMILES string of the molecule is CCOC(=O)C1=C(C)N=c2s/c(=C\c3ccc(OCc4ccc(F)cc4)c(OC)c3)c(=O)n2[C@@H]1c1ccc(OC(C)C)c(OC)c1. The molecule has 0 unspecified atom stereocenters. The number of esters is 1. The first kappa shape index (κ1) is 32.5. The maximum Gasteiger partial charge on any atom is 0.338 e. The minimum absolute atomic E-state index is 0.0799. The first-order valence-corrected chi connectivity index (χ1v) is 15.5. The van der Waals surface area contributed by atoms with Gasteiger partial charge in [0.25, 0.3) is 5.56 Å². The maximum absolute atomic E-state index is 14.1. The van der Waals surface area contributed by atoms with E-state index in [1.807, 2.05) is 26.0 Å². The monoisotopic (exact) mass is 646 g/mol. The summed E-state index contributed by atoms with van der Waals surface area (Å²) < 4.78 is 43.6. The first-order chi connectivity index (χ1) is 22.1. The average Bonchev–Trinajstić information content (AvgIpc) is 3.34. The molecule has 0 amide bonds. The molecule has 0 saturated heterocycles. The number of carbonyl (C=O) groups excluding carboxylic acids is 1. The molecule has 0 saturated carbocycles. The van der Waals surface area contributed by atoms with Crippen molar-refractivity contribution in [2.75, 3.05) is 20.8 Å². The van der Waals surface area contributed by atoms with Gasteiger partial charge >= 0.3 is 5.97 Å². The fraction of sp³-hybridized carbons (Fsp3) is 0.286. The number of carbonyl (C=O) groups is 1. The second-order valence-electron chi connectivity index (χ2n) is 10.7. The average molecular weight is 647 g/mol. The molecule has 2 heterocycles. The van der Waals surface area contributed by atoms with Crippen LogP contribution in [0.3, 0.4) is 0 Å². The number of halogens is 1. The lowest BCUT2D eigenvalue weighted by atomic mass is 9.95. The van der Waals surface area contributed by atoms with Gasteiger partial charge in [-0.25, -0.2) is 14.2 Å². The van der Waals surface area contributed by atoms with Crippen molar-refractivity contribution in [2.45, 2.75) is 46.4 Å². The van der Waals surface area contributed by atoms with Crippen LogP contribution in [0.4, 0.5) is 4.39 Å². The largest absolute Gasteiger partial charge is 0.493 e. The zero-order valence-corrected chi connectivity index (χ0v) is 27.3. The van der Waals surface area contributed by atoms with Crippen molar-refractivity contribution in [3.8, 4) is 23.0 Å². The third-order valence-corrected chi connectivity index (χ3v) is 8.16. The highest BCUT2D eigenvalue weighted by molar-refractivity contribution is 7.07. The predicted octanol–water partition coefficient (Wildman–Crippen LogP) is 5.32. The Morgan fingerprint density at radius 3 is 2.37 bits per heavy atom. The summed E-state index contributed by atoms with van der Waals surface area (Å²) in [5.74, 6) is 1.12. The number of rotatable bonds is 11. The molecule has 1 atom stereocenters. The van der Waals surface area contributed by atoms with Crippen molar-refractivity contribution < 1.29 is 32.9 Å². The van der Waals surface area contributed by atoms with E-state index in [9.17, 15) is 14.0 Å². The lowest BCUT2D eigenvalue weighted by molar-refractivity contribution is -0.139. The molecule has 0 N–H and O–H groups in total. The van der Waals surface area contributed by atoms with Gasteiger partial charge in [0.2, 0.25) is 0 Å². The van der Waals surface area contributed by atoms with Gasteiger partial charge in [-0.1, -0.05) is 35.6 Å². The molecule has 0 spiro atoms. The number of methoxy groups -OCH3 is 2. The Kier molecular flexibility index (Phi) is 9.91. The number of nitrogens with zero attached hydrogens (tertiary/aromatic N) is 2. The first-order valence-electron chi connectivity index (χ1n) is 14.7. The van der Waals surface area contributed by atoms with Crippen molar-refractivity contribution >= 4 is 23.4 Å². The minimum Gasteiger partial charge on any atom is -0.493 e. The van der Waals surface area contributed by atoms with E-state index in [-0.39, 0.29) is 36.3 Å². The van der Waals surface area contributed by atoms with E-state index in [0.717, 1.165) is 5.56 Å². The van der Waals surface area contributed by atoms with Crippen molar-refractivity contribution in [1.82, 2.24) is 4.57 Å². The summed E-state index contributed by atoms with van der Waals surface area (Å²) >= 11 is 1.22. The molecule has 0 bridgehead atoms. The van der Waals surface area contributed by atoms with E-state index in [1.165, 1.54) is 35.1 Å². The Hall–Kier alpha value is -4.90. The Labute approximate surface area is 269 Å². The third-order valence-electron chi connectivity index (χ3n) is 7.18. The molecule has 1 aromatic heterocycles. The standard InChI is InChI=1S/C35H35FN2O7S/c1-7-43-34(40)31-21(4)37-35-38(32(31)24-11-15-27(45-20(2)3)29(18-24)42-6)33(39)30(46-35)17-23-10-14-26(28(16-23)41-5)44-19-22-8-12-25(36)13-9-22/h8-18,20,32H,7,19H2,1-6H3/b30-17-/t32-/m1/s1. The smallest absolute Gasteiger partial charge is 0.338 e. The summed E-state index contributed by atoms with van der Waals surface area (Å²) in [5, 5.41) is 0. The van der Waals surface area contributed by atoms with Gasteiger partial charge in [-0.3, -0.25) is 9.36 Å². The van der Waals surface area contributed by atoms with Gasteiger partial charge in [0.05, 0.1) is 48.8 Å². The van der Waals surface area contributed by atoms with Crippen LogP contribution in [-0.4, -0.2) is 37.5 Å². The molecule has 240 valence electrons. The van der Waals surface area contributed by atoms with Gasteiger partial charge in [-0.2, -0.15) is 0 Å². The zero-order chi connectivity index (χ0) is 33.0. The lowest BCUT2D eigenvalue weighted by Gasteiger charge is -2.25. The van der Waals surface area contributed by atoms with Crippen molar-refractivity contribution in [3.05, 3.63) is 114 Å². The molecule has 0 aliphatic carbocycles. The summed E-state index contributed by atoms with van der Waals surface area (Å²) in [4.78, 5) is 32.5. The second kappa shape index (κ2) is 14.0. The van der Waals surface area contributed by atoms with Crippen LogP contribution in [0, 0.1) is 5.82 Å². The molecule has 3 aromatic carbocycles. The summed E-state index contributed by atoms with van der Waals surface area (Å²) in [6.45, 7) is 7.70. The summed E-state index contributed by atoms with van der Waals surface area (Å²) in [5.41, 5.74) is 2.56. The molecule has 11 heteroatoms. The Morgan fingerprint density at radius 2 is 1.70 bits per heavy atom. The predicted molar refractivity (Wildman–Crippen MR) is 173 cm³/mol. The van der Waals surface area contributed by atoms with Crippen molar-refractivity contribution in [2.24, 2.45) is 4.99 Å². The molecular formula is C35H35FN2O7S. The van der Waals surface area contributed by atoms with E-state index in [0.29, 0.717) is 49.2 Å². The third kappa shape index (κ3) is 6.84. The lowest BCUT2D eigenvalue weighted by Crippen LogP contribution is -2.40.